The summed E-state index contributed by atoms with van der Waals surface area (Å²) in [5, 5.41) is 1.03. The van der Waals surface area contributed by atoms with Crippen LogP contribution in [0, 0.1) is 5.92 Å². The first-order chi connectivity index (χ1) is 12.9. The Hall–Kier alpha value is -0.586. The van der Waals surface area contributed by atoms with Crippen LogP contribution in [-0.2, 0) is 26.6 Å². The second-order valence-corrected chi connectivity index (χ2v) is 11.7. The molecule has 0 aromatic heterocycles. The molecule has 158 valence electrons. The lowest BCUT2D eigenvalue weighted by molar-refractivity contribution is 0.0859. The van der Waals surface area contributed by atoms with E-state index in [1.54, 1.807) is 21.3 Å². The van der Waals surface area contributed by atoms with Gasteiger partial charge in [-0.3, -0.25) is 0 Å². The average Bonchev–Trinajstić information content (AvgIpc) is 2.68. The molecule has 8 heteroatoms. The third-order valence-electron chi connectivity index (χ3n) is 3.72. The van der Waals surface area contributed by atoms with Gasteiger partial charge in [-0.15, -0.1) is 0 Å². The minimum Gasteiger partial charge on any atom is -0.377 e. The lowest BCUT2D eigenvalue weighted by Gasteiger charge is -2.28. The Morgan fingerprint density at radius 1 is 0.741 bits per heavy atom. The lowest BCUT2D eigenvalue weighted by atomic mass is 10.3. The van der Waals surface area contributed by atoms with Gasteiger partial charge in [0.1, 0.15) is 0 Å². The Balaban J connectivity index is 0.000000541. The maximum absolute atomic E-state index is 5.79. The van der Waals surface area contributed by atoms with Crippen molar-refractivity contribution in [3.63, 3.8) is 0 Å². The molecule has 0 atom stereocenters. The Morgan fingerprint density at radius 3 is 1.41 bits per heavy atom. The summed E-state index contributed by atoms with van der Waals surface area (Å²) in [6.45, 7) is 11.9. The van der Waals surface area contributed by atoms with Crippen LogP contribution in [0.4, 0.5) is 0 Å². The second kappa shape index (κ2) is 14.4. The summed E-state index contributed by atoms with van der Waals surface area (Å²) in [6.07, 6.45) is 0. The summed E-state index contributed by atoms with van der Waals surface area (Å²) in [5.41, 5.74) is 0. The van der Waals surface area contributed by atoms with Gasteiger partial charge < -0.3 is 26.6 Å². The van der Waals surface area contributed by atoms with E-state index in [-0.39, 0.29) is 0 Å². The Bertz CT molecular complexity index is 443. The normalized spacial score (nSPS) is 12.0. The van der Waals surface area contributed by atoms with E-state index in [0.29, 0.717) is 25.7 Å². The first kappa shape index (κ1) is 26.4. The van der Waals surface area contributed by atoms with Gasteiger partial charge in [0.15, 0.2) is 0 Å². The van der Waals surface area contributed by atoms with Gasteiger partial charge in [0, 0.05) is 52.4 Å². The van der Waals surface area contributed by atoms with E-state index >= 15 is 0 Å². The zero-order valence-electron chi connectivity index (χ0n) is 18.2. The molecule has 0 aliphatic rings. The third-order valence-corrected chi connectivity index (χ3v) is 9.95. The lowest BCUT2D eigenvalue weighted by Crippen LogP contribution is -2.56. The van der Waals surface area contributed by atoms with Crippen LogP contribution in [0.25, 0.3) is 0 Å². The minimum atomic E-state index is -2.67. The van der Waals surface area contributed by atoms with Crippen molar-refractivity contribution in [2.24, 2.45) is 5.92 Å². The molecule has 0 fully saturated rings. The van der Waals surface area contributed by atoms with Crippen LogP contribution in [0.3, 0.4) is 0 Å². The van der Waals surface area contributed by atoms with Gasteiger partial charge in [0.25, 0.3) is 0 Å². The van der Waals surface area contributed by atoms with Crippen molar-refractivity contribution >= 4 is 22.8 Å². The van der Waals surface area contributed by atoms with Crippen LogP contribution in [-0.4, -0.2) is 58.8 Å². The molecule has 1 aromatic rings. The van der Waals surface area contributed by atoms with E-state index < -0.39 is 17.6 Å². The van der Waals surface area contributed by atoms with Crippen LogP contribution in [0.15, 0.2) is 30.3 Å². The van der Waals surface area contributed by atoms with Crippen LogP contribution in [0.5, 0.6) is 0 Å². The predicted molar refractivity (Wildman–Crippen MR) is 113 cm³/mol. The zero-order valence-corrected chi connectivity index (χ0v) is 20.2. The summed E-state index contributed by atoms with van der Waals surface area (Å²) in [7, 11) is -0.0307. The fourth-order valence-electron chi connectivity index (χ4n) is 2.59. The van der Waals surface area contributed by atoms with Crippen molar-refractivity contribution in [1.82, 2.24) is 0 Å². The van der Waals surface area contributed by atoms with Crippen LogP contribution < -0.4 is 5.19 Å². The van der Waals surface area contributed by atoms with E-state index in [2.05, 4.69) is 13.8 Å². The van der Waals surface area contributed by atoms with Gasteiger partial charge >= 0.3 is 17.6 Å². The van der Waals surface area contributed by atoms with Crippen molar-refractivity contribution < 1.29 is 26.6 Å². The molecule has 0 unspecified atom stereocenters. The highest BCUT2D eigenvalue weighted by atomic mass is 28.4. The van der Waals surface area contributed by atoms with E-state index in [9.17, 15) is 0 Å². The van der Waals surface area contributed by atoms with Crippen LogP contribution in [0.2, 0.25) is 6.04 Å². The van der Waals surface area contributed by atoms with E-state index in [4.69, 9.17) is 26.6 Å². The van der Waals surface area contributed by atoms with Crippen molar-refractivity contribution in [2.45, 2.75) is 40.7 Å². The van der Waals surface area contributed by atoms with Gasteiger partial charge in [-0.25, -0.2) is 0 Å². The smallest absolute Gasteiger partial charge is 0.377 e. The molecule has 0 radical (unpaired) electrons. The molecule has 0 saturated heterocycles. The van der Waals surface area contributed by atoms with Gasteiger partial charge in [-0.1, -0.05) is 44.2 Å². The molecular weight excluding hydrogens is 380 g/mol. The maximum Gasteiger partial charge on any atom is 0.537 e. The number of hydrogen-bond acceptors (Lipinski definition) is 6. The molecule has 27 heavy (non-hydrogen) atoms. The van der Waals surface area contributed by atoms with Crippen molar-refractivity contribution in [3.8, 4) is 0 Å². The fraction of sp³-hybridized carbons (Fsp3) is 0.684. The molecule has 0 amide bonds. The molecule has 1 rings (SSSR count). The molecule has 0 heterocycles. The van der Waals surface area contributed by atoms with Crippen molar-refractivity contribution in [1.29, 1.82) is 0 Å². The van der Waals surface area contributed by atoms with Gasteiger partial charge in [-0.2, -0.15) is 0 Å². The standard InChI is InChI=1S/C12H20O3Si.C7H18O3Si/c1-4-13-16(14-5-2,15-6-3)12-10-8-7-9-11-12;1-7(2)6-11(8-3,9-4)10-5/h7-11H,4-6H2,1-3H3;7H,6H2,1-5H3. The SMILES string of the molecule is CCO[Si](OCC)(OCC)c1ccccc1.CO[Si](CC(C)C)(OC)OC. The molecule has 0 aliphatic heterocycles. The van der Waals surface area contributed by atoms with Crippen molar-refractivity contribution in [2.75, 3.05) is 41.2 Å². The maximum atomic E-state index is 5.79. The Kier molecular flexibility index (Phi) is 14.1. The predicted octanol–water partition coefficient (Wildman–Crippen LogP) is 3.46. The van der Waals surface area contributed by atoms with E-state index in [1.165, 1.54) is 0 Å². The summed E-state index contributed by atoms with van der Waals surface area (Å²) in [5.74, 6) is 0.543. The highest BCUT2D eigenvalue weighted by molar-refractivity contribution is 6.75. The molecule has 0 spiro atoms. The highest BCUT2D eigenvalue weighted by Crippen LogP contribution is 2.18. The second-order valence-electron chi connectivity index (χ2n) is 6.11. The molecule has 0 aliphatic carbocycles. The first-order valence-electron chi connectivity index (χ1n) is 9.51. The number of hydrogen-bond donors (Lipinski definition) is 0. The molecule has 0 bridgehead atoms. The summed E-state index contributed by atoms with van der Waals surface area (Å²) >= 11 is 0. The average molecular weight is 419 g/mol. The van der Waals surface area contributed by atoms with Gasteiger partial charge in [-0.05, 0) is 26.7 Å². The van der Waals surface area contributed by atoms with Gasteiger partial charge in [0.2, 0.25) is 0 Å². The number of benzene rings is 1. The Morgan fingerprint density at radius 2 is 1.15 bits per heavy atom. The molecular formula is C19H38O6Si2. The quantitative estimate of drug-likeness (QED) is 0.485. The largest absolute Gasteiger partial charge is 0.537 e. The third kappa shape index (κ3) is 8.97. The molecule has 0 saturated carbocycles. The number of rotatable bonds is 12. The molecule has 6 nitrogen and oxygen atoms in total. The van der Waals surface area contributed by atoms with E-state index in [0.717, 1.165) is 11.2 Å². The fourth-order valence-corrected chi connectivity index (χ4v) is 7.08. The van der Waals surface area contributed by atoms with Gasteiger partial charge in [0.05, 0.1) is 0 Å². The van der Waals surface area contributed by atoms with Crippen LogP contribution >= 0.6 is 0 Å². The molecule has 0 N–H and O–H groups in total. The highest BCUT2D eigenvalue weighted by Gasteiger charge is 2.42. The first-order valence-corrected chi connectivity index (χ1v) is 13.2. The summed E-state index contributed by atoms with van der Waals surface area (Å²) < 4.78 is 33.1. The zero-order chi connectivity index (χ0) is 20.8. The minimum absolute atomic E-state index is 0.543. The van der Waals surface area contributed by atoms with Crippen LogP contribution in [0.1, 0.15) is 34.6 Å². The topological polar surface area (TPSA) is 55.4 Å². The summed E-state index contributed by atoms with van der Waals surface area (Å²) in [4.78, 5) is 0. The Labute approximate surface area is 167 Å². The summed E-state index contributed by atoms with van der Waals surface area (Å²) in [6, 6.07) is 10.8. The molecule has 1 aromatic carbocycles. The van der Waals surface area contributed by atoms with Crippen molar-refractivity contribution in [3.05, 3.63) is 30.3 Å². The monoisotopic (exact) mass is 418 g/mol. The van der Waals surface area contributed by atoms with E-state index in [1.807, 2.05) is 51.1 Å².